The number of hydrogen-bond acceptors (Lipinski definition) is 5. The van der Waals surface area contributed by atoms with Gasteiger partial charge in [-0.1, -0.05) is 11.3 Å². The van der Waals surface area contributed by atoms with Crippen molar-refractivity contribution in [2.24, 2.45) is 7.05 Å². The van der Waals surface area contributed by atoms with Crippen LogP contribution in [0.25, 0.3) is 10.2 Å². The summed E-state index contributed by atoms with van der Waals surface area (Å²) in [6, 6.07) is 3.71. The number of fused-ring (bicyclic) bond motifs is 1. The van der Waals surface area contributed by atoms with Crippen molar-refractivity contribution in [2.75, 3.05) is 32.1 Å². The molecule has 0 aliphatic heterocycles. The summed E-state index contributed by atoms with van der Waals surface area (Å²) in [5.74, 6) is -1.73. The fourth-order valence-electron chi connectivity index (χ4n) is 2.45. The fourth-order valence-corrected chi connectivity index (χ4v) is 3.48. The van der Waals surface area contributed by atoms with Gasteiger partial charge in [0.25, 0.3) is 5.91 Å². The van der Waals surface area contributed by atoms with Crippen molar-refractivity contribution in [3.63, 3.8) is 0 Å². The molecule has 9 heteroatoms. The van der Waals surface area contributed by atoms with Gasteiger partial charge >= 0.3 is 0 Å². The molecule has 2 aromatic heterocycles. The van der Waals surface area contributed by atoms with Crippen LogP contribution in [-0.2, 0) is 7.05 Å². The topological polar surface area (TPSA) is 54.3 Å². The van der Waals surface area contributed by atoms with E-state index in [0.717, 1.165) is 23.1 Å². The molecule has 0 N–H and O–H groups in total. The fraction of sp³-hybridized carbons (Fsp3) is 0.353. The first-order chi connectivity index (χ1) is 12.3. The lowest BCUT2D eigenvalue weighted by Gasteiger charge is -2.21. The number of aromatic nitrogens is 3. The standard InChI is InChI=1S/C17H19F2N5OS/c1-10-7-13(21-23(10)4)16(25)24(6-5-22(2)3)17-20-15-12(19)8-11(18)9-14(15)26-17/h7-9H,5-6H2,1-4H3. The lowest BCUT2D eigenvalue weighted by Crippen LogP contribution is -2.37. The molecule has 0 aliphatic carbocycles. The SMILES string of the molecule is Cc1cc(C(=O)N(CCN(C)C)c2nc3c(F)cc(F)cc3s2)nn1C. The van der Waals surface area contributed by atoms with Gasteiger partial charge in [-0.3, -0.25) is 14.4 Å². The molecule has 1 amide bonds. The van der Waals surface area contributed by atoms with Crippen molar-refractivity contribution in [2.45, 2.75) is 6.92 Å². The third-order valence-corrected chi connectivity index (χ3v) is 5.01. The number of rotatable bonds is 5. The summed E-state index contributed by atoms with van der Waals surface area (Å²) >= 11 is 1.08. The number of halogens is 2. The smallest absolute Gasteiger partial charge is 0.280 e. The molecular formula is C17H19F2N5OS. The van der Waals surface area contributed by atoms with Gasteiger partial charge in [-0.05, 0) is 33.2 Å². The maximum absolute atomic E-state index is 14.0. The van der Waals surface area contributed by atoms with E-state index >= 15 is 0 Å². The summed E-state index contributed by atoms with van der Waals surface area (Å²) in [4.78, 5) is 20.6. The Morgan fingerprint density at radius 2 is 1.96 bits per heavy atom. The normalized spacial score (nSPS) is 11.5. The van der Waals surface area contributed by atoms with E-state index in [1.165, 1.54) is 11.0 Å². The van der Waals surface area contributed by atoms with Crippen LogP contribution in [0, 0.1) is 18.6 Å². The molecular weight excluding hydrogens is 360 g/mol. The van der Waals surface area contributed by atoms with Crippen LogP contribution in [0.3, 0.4) is 0 Å². The highest BCUT2D eigenvalue weighted by molar-refractivity contribution is 7.22. The Labute approximate surface area is 153 Å². The Hall–Kier alpha value is -2.39. The zero-order valence-electron chi connectivity index (χ0n) is 15.0. The van der Waals surface area contributed by atoms with Gasteiger partial charge in [0, 0.05) is 31.9 Å². The summed E-state index contributed by atoms with van der Waals surface area (Å²) in [5, 5.41) is 4.54. The highest BCUT2D eigenvalue weighted by Gasteiger charge is 2.24. The largest absolute Gasteiger partial charge is 0.308 e. The summed E-state index contributed by atoms with van der Waals surface area (Å²) in [6.45, 7) is 2.79. The van der Waals surface area contributed by atoms with E-state index in [-0.39, 0.29) is 17.1 Å². The average Bonchev–Trinajstić information content (AvgIpc) is 3.11. The van der Waals surface area contributed by atoms with Gasteiger partial charge in [-0.2, -0.15) is 5.10 Å². The van der Waals surface area contributed by atoms with Crippen LogP contribution in [0.2, 0.25) is 0 Å². The van der Waals surface area contributed by atoms with Crippen molar-refractivity contribution in [1.82, 2.24) is 19.7 Å². The zero-order chi connectivity index (χ0) is 19.0. The van der Waals surface area contributed by atoms with Crippen molar-refractivity contribution in [3.8, 4) is 0 Å². The Bertz CT molecular complexity index is 946. The van der Waals surface area contributed by atoms with Crippen molar-refractivity contribution < 1.29 is 13.6 Å². The first-order valence-electron chi connectivity index (χ1n) is 7.99. The number of amides is 1. The number of likely N-dealkylation sites (N-methyl/N-ethyl adjacent to an activating group) is 1. The minimum atomic E-state index is -0.740. The molecule has 3 aromatic rings. The molecule has 1 aromatic carbocycles. The molecule has 0 spiro atoms. The number of thiazole rings is 1. The highest BCUT2D eigenvalue weighted by Crippen LogP contribution is 2.31. The minimum absolute atomic E-state index is 0.0613. The highest BCUT2D eigenvalue weighted by atomic mass is 32.1. The van der Waals surface area contributed by atoms with E-state index in [4.69, 9.17) is 0 Å². The lowest BCUT2D eigenvalue weighted by atomic mass is 10.3. The molecule has 0 aliphatic rings. The molecule has 138 valence electrons. The molecule has 0 unspecified atom stereocenters. The molecule has 6 nitrogen and oxygen atoms in total. The monoisotopic (exact) mass is 379 g/mol. The molecule has 0 fully saturated rings. The van der Waals surface area contributed by atoms with E-state index in [1.54, 1.807) is 17.8 Å². The molecule has 0 saturated carbocycles. The zero-order valence-corrected chi connectivity index (χ0v) is 15.8. The number of hydrogen-bond donors (Lipinski definition) is 0. The van der Waals surface area contributed by atoms with Gasteiger partial charge in [0.1, 0.15) is 11.3 Å². The Balaban J connectivity index is 2.03. The van der Waals surface area contributed by atoms with E-state index in [9.17, 15) is 13.6 Å². The first kappa shape index (κ1) is 18.4. The number of aryl methyl sites for hydroxylation is 2. The average molecular weight is 379 g/mol. The van der Waals surface area contributed by atoms with Crippen LogP contribution in [0.5, 0.6) is 0 Å². The van der Waals surface area contributed by atoms with Crippen molar-refractivity contribution in [3.05, 3.63) is 41.2 Å². The summed E-state index contributed by atoms with van der Waals surface area (Å²) in [5.41, 5.74) is 1.19. The van der Waals surface area contributed by atoms with Crippen molar-refractivity contribution >= 4 is 32.6 Å². The van der Waals surface area contributed by atoms with Gasteiger partial charge < -0.3 is 4.90 Å². The van der Waals surface area contributed by atoms with Crippen LogP contribution >= 0.6 is 11.3 Å². The van der Waals surface area contributed by atoms with Crippen molar-refractivity contribution in [1.29, 1.82) is 0 Å². The minimum Gasteiger partial charge on any atom is -0.308 e. The number of carbonyl (C=O) groups is 1. The van der Waals surface area contributed by atoms with Gasteiger partial charge in [-0.25, -0.2) is 13.8 Å². The second-order valence-corrected chi connectivity index (χ2v) is 7.29. The van der Waals surface area contributed by atoms with E-state index in [0.29, 0.717) is 22.9 Å². The van der Waals surface area contributed by atoms with Crippen LogP contribution in [0.1, 0.15) is 16.2 Å². The van der Waals surface area contributed by atoms with Crippen LogP contribution in [0.4, 0.5) is 13.9 Å². The van der Waals surface area contributed by atoms with Gasteiger partial charge in [0.05, 0.1) is 4.70 Å². The maximum Gasteiger partial charge on any atom is 0.280 e. The number of nitrogens with zero attached hydrogens (tertiary/aromatic N) is 5. The van der Waals surface area contributed by atoms with E-state index in [1.807, 2.05) is 25.9 Å². The summed E-state index contributed by atoms with van der Waals surface area (Å²) in [7, 11) is 5.54. The van der Waals surface area contributed by atoms with Gasteiger partial charge in [0.2, 0.25) is 0 Å². The number of carbonyl (C=O) groups excluding carboxylic acids is 1. The Morgan fingerprint density at radius 1 is 1.23 bits per heavy atom. The molecule has 0 bridgehead atoms. The lowest BCUT2D eigenvalue weighted by molar-refractivity contribution is 0.0979. The predicted molar refractivity (Wildman–Crippen MR) is 97.7 cm³/mol. The molecule has 0 saturated heterocycles. The molecule has 3 rings (SSSR count). The second-order valence-electron chi connectivity index (χ2n) is 6.29. The molecule has 2 heterocycles. The third-order valence-electron chi connectivity index (χ3n) is 3.98. The van der Waals surface area contributed by atoms with Crippen LogP contribution in [0.15, 0.2) is 18.2 Å². The summed E-state index contributed by atoms with van der Waals surface area (Å²) in [6.07, 6.45) is 0. The third kappa shape index (κ3) is 3.58. The predicted octanol–water partition coefficient (Wildman–Crippen LogP) is 2.82. The Kier molecular flexibility index (Phi) is 5.01. The maximum atomic E-state index is 14.0. The van der Waals surface area contributed by atoms with E-state index in [2.05, 4.69) is 10.1 Å². The molecule has 0 radical (unpaired) electrons. The van der Waals surface area contributed by atoms with Crippen LogP contribution < -0.4 is 4.90 Å². The molecule has 0 atom stereocenters. The van der Waals surface area contributed by atoms with Gasteiger partial charge in [-0.15, -0.1) is 0 Å². The first-order valence-corrected chi connectivity index (χ1v) is 8.80. The van der Waals surface area contributed by atoms with Crippen LogP contribution in [-0.4, -0.2) is 52.8 Å². The number of benzene rings is 1. The second kappa shape index (κ2) is 7.08. The quantitative estimate of drug-likeness (QED) is 0.684. The molecule has 26 heavy (non-hydrogen) atoms. The van der Waals surface area contributed by atoms with Gasteiger partial charge in [0.15, 0.2) is 16.6 Å². The number of anilines is 1. The summed E-state index contributed by atoms with van der Waals surface area (Å²) < 4.78 is 29.4. The Morgan fingerprint density at radius 3 is 2.58 bits per heavy atom. The van der Waals surface area contributed by atoms with E-state index < -0.39 is 11.6 Å².